The summed E-state index contributed by atoms with van der Waals surface area (Å²) in [6.45, 7) is 1.18. The number of hydrogen-bond acceptors (Lipinski definition) is 5. The Hall–Kier alpha value is -2.41. The number of aryl methyl sites for hydroxylation is 1. The quantitative estimate of drug-likeness (QED) is 0.834. The molecule has 1 aliphatic rings. The van der Waals surface area contributed by atoms with Gasteiger partial charge >= 0.3 is 0 Å². The molecule has 0 unspecified atom stereocenters. The maximum absolute atomic E-state index is 12.3. The smallest absolute Gasteiger partial charge is 0.226 e. The van der Waals surface area contributed by atoms with Gasteiger partial charge in [-0.25, -0.2) is 0 Å². The van der Waals surface area contributed by atoms with Crippen molar-refractivity contribution >= 4 is 23.4 Å². The average molecular weight is 377 g/mol. The van der Waals surface area contributed by atoms with Gasteiger partial charge in [0.1, 0.15) is 0 Å². The lowest BCUT2D eigenvalue weighted by Gasteiger charge is -2.30. The van der Waals surface area contributed by atoms with E-state index in [-0.39, 0.29) is 17.7 Å². The van der Waals surface area contributed by atoms with Crippen LogP contribution in [0.1, 0.15) is 31.6 Å². The number of primary amides is 1. The van der Waals surface area contributed by atoms with Crippen LogP contribution in [-0.4, -0.2) is 39.9 Å². The molecule has 0 atom stereocenters. The fraction of sp³-hybridized carbons (Fsp3) is 0.444. The number of hydrogen-bond donors (Lipinski definition) is 1. The molecule has 7 nitrogen and oxygen atoms in total. The molecule has 138 valence electrons. The first-order valence-corrected chi connectivity index (χ1v) is 9.06. The molecular formula is C18H21ClN4O3. The third-order valence-electron chi connectivity index (χ3n) is 4.60. The Morgan fingerprint density at radius 1 is 1.23 bits per heavy atom. The van der Waals surface area contributed by atoms with Crippen LogP contribution in [0.5, 0.6) is 0 Å². The summed E-state index contributed by atoms with van der Waals surface area (Å²) in [7, 11) is 0. The second-order valence-corrected chi connectivity index (χ2v) is 6.87. The zero-order chi connectivity index (χ0) is 18.5. The van der Waals surface area contributed by atoms with Crippen molar-refractivity contribution in [3.8, 4) is 11.4 Å². The van der Waals surface area contributed by atoms with Crippen LogP contribution in [0.3, 0.4) is 0 Å². The Bertz CT molecular complexity index is 767. The van der Waals surface area contributed by atoms with Gasteiger partial charge in [0, 0.05) is 42.4 Å². The van der Waals surface area contributed by atoms with Crippen LogP contribution in [0.2, 0.25) is 5.02 Å². The molecule has 8 heteroatoms. The van der Waals surface area contributed by atoms with Crippen molar-refractivity contribution in [1.29, 1.82) is 0 Å². The van der Waals surface area contributed by atoms with Gasteiger partial charge in [0.25, 0.3) is 0 Å². The molecule has 2 amide bonds. The van der Waals surface area contributed by atoms with Crippen LogP contribution in [0.15, 0.2) is 28.8 Å². The molecule has 1 saturated heterocycles. The molecule has 0 aliphatic carbocycles. The number of benzene rings is 1. The van der Waals surface area contributed by atoms with Crippen LogP contribution in [0, 0.1) is 5.92 Å². The van der Waals surface area contributed by atoms with Crippen molar-refractivity contribution in [2.24, 2.45) is 11.7 Å². The van der Waals surface area contributed by atoms with Crippen molar-refractivity contribution in [3.05, 3.63) is 35.2 Å². The van der Waals surface area contributed by atoms with Gasteiger partial charge in [-0.2, -0.15) is 4.98 Å². The number of carbonyl (C=O) groups excluding carboxylic acids is 2. The summed E-state index contributed by atoms with van der Waals surface area (Å²) in [6, 6.07) is 7.20. The van der Waals surface area contributed by atoms with E-state index in [9.17, 15) is 9.59 Å². The highest BCUT2D eigenvalue weighted by atomic mass is 35.5. The van der Waals surface area contributed by atoms with E-state index >= 15 is 0 Å². The molecule has 1 fully saturated rings. The Morgan fingerprint density at radius 2 is 1.92 bits per heavy atom. The highest BCUT2D eigenvalue weighted by Crippen LogP contribution is 2.20. The molecule has 26 heavy (non-hydrogen) atoms. The molecule has 0 radical (unpaired) electrons. The SMILES string of the molecule is NC(=O)C1CCN(C(=O)CCCc2nc(-c3ccc(Cl)cc3)no2)CC1. The maximum atomic E-state index is 12.3. The van der Waals surface area contributed by atoms with Gasteiger partial charge in [-0.3, -0.25) is 9.59 Å². The van der Waals surface area contributed by atoms with Gasteiger partial charge in [-0.05, 0) is 43.5 Å². The number of halogens is 1. The molecule has 1 aromatic carbocycles. The van der Waals surface area contributed by atoms with Crippen molar-refractivity contribution < 1.29 is 14.1 Å². The van der Waals surface area contributed by atoms with Gasteiger partial charge < -0.3 is 15.2 Å². The summed E-state index contributed by atoms with van der Waals surface area (Å²) < 4.78 is 5.25. The first kappa shape index (κ1) is 18.4. The van der Waals surface area contributed by atoms with E-state index in [2.05, 4.69) is 10.1 Å². The molecule has 0 saturated carbocycles. The minimum absolute atomic E-state index is 0.0883. The van der Waals surface area contributed by atoms with E-state index in [1.807, 2.05) is 12.1 Å². The van der Waals surface area contributed by atoms with Gasteiger partial charge in [-0.15, -0.1) is 0 Å². The second kappa shape index (κ2) is 8.31. The van der Waals surface area contributed by atoms with Gasteiger partial charge in [0.15, 0.2) is 0 Å². The number of amides is 2. The normalized spacial score (nSPS) is 15.2. The van der Waals surface area contributed by atoms with Gasteiger partial charge in [0.2, 0.25) is 23.5 Å². The van der Waals surface area contributed by atoms with Crippen molar-refractivity contribution in [2.75, 3.05) is 13.1 Å². The van der Waals surface area contributed by atoms with E-state index in [4.69, 9.17) is 21.9 Å². The lowest BCUT2D eigenvalue weighted by molar-refractivity contribution is -0.134. The van der Waals surface area contributed by atoms with Crippen molar-refractivity contribution in [2.45, 2.75) is 32.1 Å². The van der Waals surface area contributed by atoms with Crippen LogP contribution in [-0.2, 0) is 16.0 Å². The second-order valence-electron chi connectivity index (χ2n) is 6.43. The standard InChI is InChI=1S/C18H21ClN4O3/c19-14-6-4-13(5-7-14)18-21-15(26-22-18)2-1-3-16(24)23-10-8-12(9-11-23)17(20)25/h4-7,12H,1-3,8-11H2,(H2,20,25). The van der Waals surface area contributed by atoms with E-state index in [0.717, 1.165) is 5.56 Å². The topological polar surface area (TPSA) is 102 Å². The molecule has 0 spiro atoms. The maximum Gasteiger partial charge on any atom is 0.226 e. The summed E-state index contributed by atoms with van der Waals surface area (Å²) in [5.74, 6) is 0.728. The minimum atomic E-state index is -0.273. The Morgan fingerprint density at radius 3 is 2.58 bits per heavy atom. The van der Waals surface area contributed by atoms with E-state index in [1.54, 1.807) is 17.0 Å². The summed E-state index contributed by atoms with van der Waals surface area (Å²) in [4.78, 5) is 29.6. The number of rotatable bonds is 6. The van der Waals surface area contributed by atoms with Crippen LogP contribution >= 0.6 is 11.6 Å². The fourth-order valence-electron chi connectivity index (χ4n) is 3.03. The Balaban J connectivity index is 1.44. The van der Waals surface area contributed by atoms with Crippen LogP contribution in [0.4, 0.5) is 0 Å². The highest BCUT2D eigenvalue weighted by molar-refractivity contribution is 6.30. The van der Waals surface area contributed by atoms with Gasteiger partial charge in [-0.1, -0.05) is 16.8 Å². The van der Waals surface area contributed by atoms with E-state index < -0.39 is 0 Å². The first-order valence-electron chi connectivity index (χ1n) is 8.68. The predicted octanol–water partition coefficient (Wildman–Crippen LogP) is 2.44. The third-order valence-corrected chi connectivity index (χ3v) is 4.85. The molecule has 2 N–H and O–H groups in total. The first-order chi connectivity index (χ1) is 12.5. The molecule has 1 aliphatic heterocycles. The van der Waals surface area contributed by atoms with Crippen molar-refractivity contribution in [3.63, 3.8) is 0 Å². The number of aromatic nitrogens is 2. The highest BCUT2D eigenvalue weighted by Gasteiger charge is 2.25. The average Bonchev–Trinajstić information content (AvgIpc) is 3.11. The van der Waals surface area contributed by atoms with Crippen LogP contribution in [0.25, 0.3) is 11.4 Å². The number of carbonyl (C=O) groups is 2. The zero-order valence-electron chi connectivity index (χ0n) is 14.4. The lowest BCUT2D eigenvalue weighted by Crippen LogP contribution is -2.41. The van der Waals surface area contributed by atoms with E-state index in [0.29, 0.717) is 61.9 Å². The van der Waals surface area contributed by atoms with E-state index in [1.165, 1.54) is 0 Å². The molecular weight excluding hydrogens is 356 g/mol. The number of nitrogens with zero attached hydrogens (tertiary/aromatic N) is 3. The molecule has 1 aromatic heterocycles. The monoisotopic (exact) mass is 376 g/mol. The summed E-state index contributed by atoms with van der Waals surface area (Å²) >= 11 is 5.87. The molecule has 2 heterocycles. The number of likely N-dealkylation sites (tertiary alicyclic amines) is 1. The van der Waals surface area contributed by atoms with Gasteiger partial charge in [0.05, 0.1) is 0 Å². The van der Waals surface area contributed by atoms with Crippen LogP contribution < -0.4 is 5.73 Å². The summed E-state index contributed by atoms with van der Waals surface area (Å²) in [5.41, 5.74) is 6.14. The summed E-state index contributed by atoms with van der Waals surface area (Å²) in [5, 5.41) is 4.61. The number of piperidine rings is 1. The molecule has 3 rings (SSSR count). The Labute approximate surface area is 156 Å². The zero-order valence-corrected chi connectivity index (χ0v) is 15.1. The third kappa shape index (κ3) is 4.60. The fourth-order valence-corrected chi connectivity index (χ4v) is 3.16. The lowest BCUT2D eigenvalue weighted by atomic mass is 9.96. The van der Waals surface area contributed by atoms with Crippen molar-refractivity contribution in [1.82, 2.24) is 15.0 Å². The number of nitrogens with two attached hydrogens (primary N) is 1. The molecule has 2 aromatic rings. The molecule has 0 bridgehead atoms. The summed E-state index contributed by atoms with van der Waals surface area (Å²) in [6.07, 6.45) is 2.89. The Kier molecular flexibility index (Phi) is 5.88. The minimum Gasteiger partial charge on any atom is -0.369 e. The largest absolute Gasteiger partial charge is 0.369 e. The predicted molar refractivity (Wildman–Crippen MR) is 96.2 cm³/mol.